The van der Waals surface area contributed by atoms with Gasteiger partial charge in [0.1, 0.15) is 5.76 Å². The molecule has 1 aromatic carbocycles. The zero-order valence-electron chi connectivity index (χ0n) is 12.8. The van der Waals surface area contributed by atoms with Crippen LogP contribution in [-0.2, 0) is 16.0 Å². The van der Waals surface area contributed by atoms with Gasteiger partial charge in [0.05, 0.1) is 18.0 Å². The third kappa shape index (κ3) is 3.36. The molecule has 118 valence electrons. The molecule has 2 aromatic rings. The lowest BCUT2D eigenvalue weighted by Gasteiger charge is -2.10. The number of fused-ring (bicyclic) bond motifs is 1. The molecule has 3 rings (SSSR count). The molecule has 0 aliphatic carbocycles. The van der Waals surface area contributed by atoms with Crippen LogP contribution in [0.3, 0.4) is 0 Å². The zero-order valence-corrected chi connectivity index (χ0v) is 12.8. The minimum absolute atomic E-state index is 0.0492. The van der Waals surface area contributed by atoms with Crippen molar-refractivity contribution in [1.29, 1.82) is 0 Å². The van der Waals surface area contributed by atoms with Crippen molar-refractivity contribution in [2.24, 2.45) is 4.99 Å². The smallest absolute Gasteiger partial charge is 0.250 e. The van der Waals surface area contributed by atoms with Gasteiger partial charge in [-0.05, 0) is 25.8 Å². The number of nitrogens with zero attached hydrogens (tertiary/aromatic N) is 2. The normalized spacial score (nSPS) is 13.4. The first kappa shape index (κ1) is 15.1. The van der Waals surface area contributed by atoms with Gasteiger partial charge in [-0.1, -0.05) is 23.4 Å². The molecule has 0 saturated carbocycles. The van der Waals surface area contributed by atoms with Gasteiger partial charge < -0.3 is 9.84 Å². The molecule has 6 nitrogen and oxygen atoms in total. The van der Waals surface area contributed by atoms with Gasteiger partial charge in [-0.15, -0.1) is 0 Å². The maximum absolute atomic E-state index is 12.4. The molecule has 0 saturated heterocycles. The monoisotopic (exact) mass is 311 g/mol. The van der Waals surface area contributed by atoms with E-state index in [4.69, 9.17) is 4.52 Å². The van der Waals surface area contributed by atoms with Crippen LogP contribution >= 0.6 is 0 Å². The van der Waals surface area contributed by atoms with Crippen molar-refractivity contribution in [2.45, 2.75) is 26.2 Å². The SMILES string of the molecule is Cc1oncc1CCCNC(=O)C1=c2ccccc2=NC(=O)C1. The fourth-order valence-electron chi connectivity index (χ4n) is 2.60. The Bertz CT molecular complexity index is 867. The summed E-state index contributed by atoms with van der Waals surface area (Å²) in [6.45, 7) is 2.39. The fourth-order valence-corrected chi connectivity index (χ4v) is 2.60. The van der Waals surface area contributed by atoms with Gasteiger partial charge in [0.15, 0.2) is 0 Å². The number of carbonyl (C=O) groups excluding carboxylic acids is 2. The summed E-state index contributed by atoms with van der Waals surface area (Å²) in [7, 11) is 0. The average Bonchev–Trinajstić information content (AvgIpc) is 2.95. The van der Waals surface area contributed by atoms with E-state index in [1.54, 1.807) is 18.3 Å². The lowest BCUT2D eigenvalue weighted by atomic mass is 10.0. The number of benzene rings is 1. The Hall–Kier alpha value is -2.76. The molecule has 2 heterocycles. The zero-order chi connectivity index (χ0) is 16.2. The molecule has 0 fully saturated rings. The number of para-hydroxylation sites is 1. The van der Waals surface area contributed by atoms with Crippen LogP contribution in [-0.4, -0.2) is 23.5 Å². The lowest BCUT2D eigenvalue weighted by Crippen LogP contribution is -2.38. The van der Waals surface area contributed by atoms with Crippen molar-refractivity contribution < 1.29 is 14.1 Å². The second-order valence-electron chi connectivity index (χ2n) is 5.44. The predicted octanol–water partition coefficient (Wildman–Crippen LogP) is 0.433. The van der Waals surface area contributed by atoms with Crippen molar-refractivity contribution >= 4 is 17.4 Å². The third-order valence-electron chi connectivity index (χ3n) is 3.84. The van der Waals surface area contributed by atoms with Crippen molar-refractivity contribution in [1.82, 2.24) is 10.5 Å². The van der Waals surface area contributed by atoms with E-state index >= 15 is 0 Å². The molecular formula is C17H17N3O3. The molecule has 1 aliphatic rings. The standard InChI is InChI=1S/C17H17N3O3/c1-11-12(10-19-23-11)5-4-8-18-17(22)14-9-16(21)20-15-7-3-2-6-13(14)15/h2-3,6-7,10H,4-5,8-9H2,1H3,(H,18,22). The van der Waals surface area contributed by atoms with Crippen molar-refractivity contribution in [3.63, 3.8) is 0 Å². The van der Waals surface area contributed by atoms with Crippen molar-refractivity contribution in [2.75, 3.05) is 6.54 Å². The van der Waals surface area contributed by atoms with Gasteiger partial charge in [0.25, 0.3) is 5.91 Å². The van der Waals surface area contributed by atoms with Crippen LogP contribution in [0.2, 0.25) is 0 Å². The van der Waals surface area contributed by atoms with Crippen LogP contribution in [0.15, 0.2) is 40.0 Å². The summed E-state index contributed by atoms with van der Waals surface area (Å²) in [5.74, 6) is 0.316. The summed E-state index contributed by atoms with van der Waals surface area (Å²) in [6, 6.07) is 7.21. The molecule has 1 aromatic heterocycles. The number of aromatic nitrogens is 1. The number of aryl methyl sites for hydroxylation is 2. The quantitative estimate of drug-likeness (QED) is 0.812. The van der Waals surface area contributed by atoms with E-state index in [0.717, 1.165) is 29.4 Å². The fraction of sp³-hybridized carbons (Fsp3) is 0.294. The molecule has 0 unspecified atom stereocenters. The number of hydrogen-bond donors (Lipinski definition) is 1. The van der Waals surface area contributed by atoms with Gasteiger partial charge in [-0.25, -0.2) is 4.99 Å². The number of rotatable bonds is 5. The van der Waals surface area contributed by atoms with Crippen LogP contribution in [0, 0.1) is 6.92 Å². The molecular weight excluding hydrogens is 294 g/mol. The van der Waals surface area contributed by atoms with E-state index in [1.807, 2.05) is 19.1 Å². The highest BCUT2D eigenvalue weighted by Crippen LogP contribution is 2.08. The first-order valence-electron chi connectivity index (χ1n) is 7.53. The summed E-state index contributed by atoms with van der Waals surface area (Å²) < 4.78 is 5.00. The van der Waals surface area contributed by atoms with Crippen LogP contribution < -0.4 is 15.9 Å². The van der Waals surface area contributed by atoms with E-state index in [2.05, 4.69) is 15.5 Å². The van der Waals surface area contributed by atoms with Gasteiger partial charge >= 0.3 is 0 Å². The van der Waals surface area contributed by atoms with E-state index < -0.39 is 0 Å². The second-order valence-corrected chi connectivity index (χ2v) is 5.44. The Morgan fingerprint density at radius 3 is 2.96 bits per heavy atom. The molecule has 1 aliphatic heterocycles. The molecule has 0 spiro atoms. The summed E-state index contributed by atoms with van der Waals surface area (Å²) in [4.78, 5) is 28.0. The molecule has 6 heteroatoms. The maximum Gasteiger partial charge on any atom is 0.250 e. The van der Waals surface area contributed by atoms with Gasteiger partial charge in [-0.3, -0.25) is 9.59 Å². The molecule has 1 N–H and O–H groups in total. The number of nitrogens with one attached hydrogen (secondary N) is 1. The third-order valence-corrected chi connectivity index (χ3v) is 3.84. The minimum atomic E-state index is -0.283. The molecule has 0 radical (unpaired) electrons. The van der Waals surface area contributed by atoms with Gasteiger partial charge in [0.2, 0.25) is 5.91 Å². The van der Waals surface area contributed by atoms with Crippen LogP contribution in [0.5, 0.6) is 0 Å². The summed E-state index contributed by atoms with van der Waals surface area (Å²) in [6.07, 6.45) is 3.31. The first-order chi connectivity index (χ1) is 11.1. The average molecular weight is 311 g/mol. The summed E-state index contributed by atoms with van der Waals surface area (Å²) in [5.41, 5.74) is 1.53. The molecule has 0 atom stereocenters. The predicted molar refractivity (Wildman–Crippen MR) is 82.8 cm³/mol. The number of carbonyl (C=O) groups is 2. The Kier molecular flexibility index (Phi) is 4.32. The second kappa shape index (κ2) is 6.56. The van der Waals surface area contributed by atoms with Crippen LogP contribution in [0.1, 0.15) is 24.2 Å². The van der Waals surface area contributed by atoms with Gasteiger partial charge in [0, 0.05) is 22.9 Å². The number of hydrogen-bond acceptors (Lipinski definition) is 4. The first-order valence-corrected chi connectivity index (χ1v) is 7.53. The van der Waals surface area contributed by atoms with E-state index in [-0.39, 0.29) is 18.2 Å². The Morgan fingerprint density at radius 2 is 2.17 bits per heavy atom. The highest BCUT2D eigenvalue weighted by molar-refractivity contribution is 6.17. The summed E-state index contributed by atoms with van der Waals surface area (Å²) >= 11 is 0. The molecule has 23 heavy (non-hydrogen) atoms. The lowest BCUT2D eigenvalue weighted by molar-refractivity contribution is -0.120. The Labute approximate surface area is 132 Å². The van der Waals surface area contributed by atoms with Crippen molar-refractivity contribution in [3.05, 3.63) is 52.4 Å². The largest absolute Gasteiger partial charge is 0.361 e. The van der Waals surface area contributed by atoms with E-state index in [1.165, 1.54) is 0 Å². The number of amides is 2. The Morgan fingerprint density at radius 1 is 1.35 bits per heavy atom. The van der Waals surface area contributed by atoms with Crippen LogP contribution in [0.25, 0.3) is 5.57 Å². The van der Waals surface area contributed by atoms with Crippen molar-refractivity contribution in [3.8, 4) is 0 Å². The van der Waals surface area contributed by atoms with E-state index in [9.17, 15) is 9.59 Å². The maximum atomic E-state index is 12.4. The highest BCUT2D eigenvalue weighted by atomic mass is 16.5. The molecule has 2 amide bonds. The topological polar surface area (TPSA) is 84.6 Å². The Balaban J connectivity index is 1.66. The van der Waals surface area contributed by atoms with Crippen LogP contribution in [0.4, 0.5) is 0 Å². The molecule has 0 bridgehead atoms. The minimum Gasteiger partial charge on any atom is -0.361 e. The van der Waals surface area contributed by atoms with Gasteiger partial charge in [-0.2, -0.15) is 0 Å². The summed E-state index contributed by atoms with van der Waals surface area (Å²) in [5, 5.41) is 7.90. The highest BCUT2D eigenvalue weighted by Gasteiger charge is 2.18. The van der Waals surface area contributed by atoms with E-state index in [0.29, 0.717) is 17.5 Å².